The Labute approximate surface area is 114 Å². The molecule has 0 amide bonds. The molecule has 1 aromatic heterocycles. The van der Waals surface area contributed by atoms with Gasteiger partial charge in [0.05, 0.1) is 0 Å². The molecule has 0 aliphatic carbocycles. The van der Waals surface area contributed by atoms with Crippen LogP contribution >= 0.6 is 12.4 Å². The summed E-state index contributed by atoms with van der Waals surface area (Å²) >= 11 is 0. The van der Waals surface area contributed by atoms with Crippen molar-refractivity contribution in [1.82, 2.24) is 4.98 Å². The molecule has 0 aliphatic heterocycles. The Balaban J connectivity index is 0.00000162. The van der Waals surface area contributed by atoms with Crippen molar-refractivity contribution in [2.24, 2.45) is 0 Å². The topological polar surface area (TPSA) is 16.1 Å². The zero-order valence-corrected chi connectivity index (χ0v) is 11.4. The van der Waals surface area contributed by atoms with E-state index in [1.54, 1.807) is 12.4 Å². The van der Waals surface area contributed by atoms with Crippen LogP contribution in [0.2, 0.25) is 0 Å². The second kappa shape index (κ2) is 6.82. The third kappa shape index (κ3) is 3.90. The first-order valence-corrected chi connectivity index (χ1v) is 5.61. The van der Waals surface area contributed by atoms with E-state index in [9.17, 15) is 0 Å². The predicted molar refractivity (Wildman–Crippen MR) is 81.2 cm³/mol. The van der Waals surface area contributed by atoms with E-state index >= 15 is 0 Å². The zero-order valence-electron chi connectivity index (χ0n) is 10.6. The number of halogens is 1. The first-order chi connectivity index (χ1) is 8.25. The van der Waals surface area contributed by atoms with Gasteiger partial charge >= 0.3 is 0 Å². The molecular formula is C15H17ClN2. The van der Waals surface area contributed by atoms with Crippen molar-refractivity contribution < 1.29 is 0 Å². The molecule has 1 aromatic carbocycles. The van der Waals surface area contributed by atoms with Crippen LogP contribution in [0.3, 0.4) is 0 Å². The molecule has 0 saturated heterocycles. The highest BCUT2D eigenvalue weighted by atomic mass is 35.5. The number of anilines is 1. The van der Waals surface area contributed by atoms with Gasteiger partial charge in [-0.25, -0.2) is 0 Å². The molecule has 3 heteroatoms. The van der Waals surface area contributed by atoms with Gasteiger partial charge in [0.1, 0.15) is 0 Å². The molecule has 0 unspecified atom stereocenters. The van der Waals surface area contributed by atoms with Gasteiger partial charge in [0.15, 0.2) is 0 Å². The average Bonchev–Trinajstić information content (AvgIpc) is 2.38. The van der Waals surface area contributed by atoms with Gasteiger partial charge in [-0.05, 0) is 35.4 Å². The molecule has 0 spiro atoms. The van der Waals surface area contributed by atoms with E-state index in [2.05, 4.69) is 46.3 Å². The lowest BCUT2D eigenvalue weighted by Gasteiger charge is -2.11. The number of hydrogen-bond acceptors (Lipinski definition) is 2. The van der Waals surface area contributed by atoms with Crippen LogP contribution in [-0.4, -0.2) is 19.1 Å². The molecule has 0 atom stereocenters. The van der Waals surface area contributed by atoms with Crippen molar-refractivity contribution in [1.29, 1.82) is 0 Å². The summed E-state index contributed by atoms with van der Waals surface area (Å²) in [7, 11) is 4.09. The van der Waals surface area contributed by atoms with Crippen molar-refractivity contribution in [3.63, 3.8) is 0 Å². The largest absolute Gasteiger partial charge is 0.378 e. The average molecular weight is 261 g/mol. The van der Waals surface area contributed by atoms with Crippen LogP contribution in [0.15, 0.2) is 48.8 Å². The molecular weight excluding hydrogens is 244 g/mol. The molecule has 18 heavy (non-hydrogen) atoms. The summed E-state index contributed by atoms with van der Waals surface area (Å²) in [5.41, 5.74) is 3.58. The second-order valence-corrected chi connectivity index (χ2v) is 4.10. The molecule has 2 nitrogen and oxygen atoms in total. The predicted octanol–water partition coefficient (Wildman–Crippen LogP) is 3.74. The Kier molecular flexibility index (Phi) is 5.40. The maximum Gasteiger partial charge on any atom is 0.0361 e. The third-order valence-electron chi connectivity index (χ3n) is 2.58. The molecule has 2 rings (SSSR count). The maximum atomic E-state index is 3.99. The number of aromatic nitrogens is 1. The van der Waals surface area contributed by atoms with Crippen LogP contribution in [0.5, 0.6) is 0 Å². The normalized spacial score (nSPS) is 10.1. The summed E-state index contributed by atoms with van der Waals surface area (Å²) < 4.78 is 0. The number of benzene rings is 1. The van der Waals surface area contributed by atoms with Gasteiger partial charge in [-0.1, -0.05) is 24.3 Å². The Bertz CT molecular complexity index is 490. The molecule has 1 heterocycles. The van der Waals surface area contributed by atoms with E-state index in [0.29, 0.717) is 0 Å². The Morgan fingerprint density at radius 1 is 0.833 bits per heavy atom. The first kappa shape index (κ1) is 14.3. The van der Waals surface area contributed by atoms with E-state index in [1.165, 1.54) is 11.3 Å². The van der Waals surface area contributed by atoms with Crippen molar-refractivity contribution in [2.45, 2.75) is 0 Å². The van der Waals surface area contributed by atoms with Crippen molar-refractivity contribution in [3.05, 3.63) is 59.9 Å². The van der Waals surface area contributed by atoms with E-state index in [-0.39, 0.29) is 12.4 Å². The number of rotatable bonds is 3. The molecule has 2 aromatic rings. The minimum absolute atomic E-state index is 0. The molecule has 0 fully saturated rings. The SMILES string of the molecule is CN(C)c1ccc(C=Cc2ccncc2)cc1.Cl. The highest BCUT2D eigenvalue weighted by Crippen LogP contribution is 2.14. The van der Waals surface area contributed by atoms with Crippen molar-refractivity contribution >= 4 is 30.2 Å². The van der Waals surface area contributed by atoms with Gasteiger partial charge < -0.3 is 4.90 Å². The van der Waals surface area contributed by atoms with Gasteiger partial charge in [0, 0.05) is 32.2 Å². The molecule has 94 valence electrons. The van der Waals surface area contributed by atoms with Crippen LogP contribution in [0.1, 0.15) is 11.1 Å². The van der Waals surface area contributed by atoms with Gasteiger partial charge in [-0.15, -0.1) is 12.4 Å². The molecule has 0 aliphatic rings. The maximum absolute atomic E-state index is 3.99. The lowest BCUT2D eigenvalue weighted by Crippen LogP contribution is -2.07. The molecule has 0 N–H and O–H groups in total. The Morgan fingerprint density at radius 3 is 1.83 bits per heavy atom. The number of pyridine rings is 1. The monoisotopic (exact) mass is 260 g/mol. The first-order valence-electron chi connectivity index (χ1n) is 5.61. The quantitative estimate of drug-likeness (QED) is 0.836. The number of hydrogen-bond donors (Lipinski definition) is 0. The van der Waals surface area contributed by atoms with E-state index in [0.717, 1.165) is 5.56 Å². The van der Waals surface area contributed by atoms with E-state index in [1.807, 2.05) is 26.2 Å². The summed E-state index contributed by atoms with van der Waals surface area (Å²) in [5, 5.41) is 0. The Morgan fingerprint density at radius 2 is 1.33 bits per heavy atom. The summed E-state index contributed by atoms with van der Waals surface area (Å²) in [6.07, 6.45) is 7.80. The minimum atomic E-state index is 0. The van der Waals surface area contributed by atoms with Crippen LogP contribution < -0.4 is 4.90 Å². The van der Waals surface area contributed by atoms with Crippen LogP contribution in [-0.2, 0) is 0 Å². The lowest BCUT2D eigenvalue weighted by atomic mass is 10.1. The Hall–Kier alpha value is -1.80. The fourth-order valence-electron chi connectivity index (χ4n) is 1.55. The standard InChI is InChI=1S/C15H16N2.ClH/c1-17(2)15-7-5-13(6-8-15)3-4-14-9-11-16-12-10-14;/h3-12H,1-2H3;1H. The highest BCUT2D eigenvalue weighted by molar-refractivity contribution is 5.85. The van der Waals surface area contributed by atoms with Gasteiger partial charge in [0.2, 0.25) is 0 Å². The fraction of sp³-hybridized carbons (Fsp3) is 0.133. The van der Waals surface area contributed by atoms with Crippen LogP contribution in [0.4, 0.5) is 5.69 Å². The molecule has 0 radical (unpaired) electrons. The summed E-state index contributed by atoms with van der Waals surface area (Å²) in [6, 6.07) is 12.5. The van der Waals surface area contributed by atoms with Crippen molar-refractivity contribution in [3.8, 4) is 0 Å². The van der Waals surface area contributed by atoms with Gasteiger partial charge in [0.25, 0.3) is 0 Å². The van der Waals surface area contributed by atoms with Crippen LogP contribution in [0, 0.1) is 0 Å². The van der Waals surface area contributed by atoms with Gasteiger partial charge in [-0.2, -0.15) is 0 Å². The van der Waals surface area contributed by atoms with E-state index < -0.39 is 0 Å². The fourth-order valence-corrected chi connectivity index (χ4v) is 1.55. The molecule has 0 bridgehead atoms. The van der Waals surface area contributed by atoms with E-state index in [4.69, 9.17) is 0 Å². The van der Waals surface area contributed by atoms with Crippen LogP contribution in [0.25, 0.3) is 12.2 Å². The molecule has 0 saturated carbocycles. The summed E-state index contributed by atoms with van der Waals surface area (Å²) in [5.74, 6) is 0. The number of nitrogens with zero attached hydrogens (tertiary/aromatic N) is 2. The summed E-state index contributed by atoms with van der Waals surface area (Å²) in [4.78, 5) is 6.09. The third-order valence-corrected chi connectivity index (χ3v) is 2.58. The lowest BCUT2D eigenvalue weighted by molar-refractivity contribution is 1.13. The second-order valence-electron chi connectivity index (χ2n) is 4.10. The zero-order chi connectivity index (χ0) is 12.1. The smallest absolute Gasteiger partial charge is 0.0361 e. The van der Waals surface area contributed by atoms with Crippen molar-refractivity contribution in [2.75, 3.05) is 19.0 Å². The highest BCUT2D eigenvalue weighted by Gasteiger charge is 1.93. The summed E-state index contributed by atoms with van der Waals surface area (Å²) in [6.45, 7) is 0. The van der Waals surface area contributed by atoms with Gasteiger partial charge in [-0.3, -0.25) is 4.98 Å². The minimum Gasteiger partial charge on any atom is -0.378 e.